The van der Waals surface area contributed by atoms with Gasteiger partial charge in [0.25, 0.3) is 6.43 Å². The Morgan fingerprint density at radius 2 is 2.21 bits per heavy atom. The molecule has 0 atom stereocenters. The van der Waals surface area contributed by atoms with E-state index < -0.39 is 13.0 Å². The number of rotatable bonds is 3. The van der Waals surface area contributed by atoms with Crippen LogP contribution in [0.15, 0.2) is 6.20 Å². The largest absolute Gasteiger partial charge is 0.390 e. The van der Waals surface area contributed by atoms with Gasteiger partial charge in [-0.1, -0.05) is 0 Å². The number of hydrogen-bond donors (Lipinski definition) is 1. The lowest BCUT2D eigenvalue weighted by molar-refractivity contribution is 0.145. The molecule has 2 nitrogen and oxygen atoms in total. The van der Waals surface area contributed by atoms with Crippen molar-refractivity contribution < 1.29 is 13.9 Å². The van der Waals surface area contributed by atoms with Crippen molar-refractivity contribution in [3.05, 3.63) is 26.6 Å². The Kier molecular flexibility index (Phi) is 4.46. The van der Waals surface area contributed by atoms with Crippen LogP contribution in [-0.4, -0.2) is 10.1 Å². The van der Waals surface area contributed by atoms with Crippen LogP contribution in [0.3, 0.4) is 0 Å². The van der Waals surface area contributed by atoms with E-state index >= 15 is 0 Å². The number of nitrogens with zero attached hydrogens (tertiary/aromatic N) is 1. The molecule has 78 valence electrons. The fraction of sp³-hybridized carbons (Fsp3) is 0.375. The molecule has 6 heteroatoms. The molecule has 0 saturated carbocycles. The summed E-state index contributed by atoms with van der Waals surface area (Å²) >= 11 is 7.34. The van der Waals surface area contributed by atoms with E-state index in [4.69, 9.17) is 16.7 Å². The van der Waals surface area contributed by atoms with E-state index in [2.05, 4.69) is 4.98 Å². The molecule has 0 aliphatic heterocycles. The van der Waals surface area contributed by atoms with E-state index in [0.29, 0.717) is 9.13 Å². The summed E-state index contributed by atoms with van der Waals surface area (Å²) < 4.78 is 25.6. The Morgan fingerprint density at radius 1 is 1.57 bits per heavy atom. The third-order valence-corrected chi connectivity index (χ3v) is 3.28. The number of halogens is 4. The van der Waals surface area contributed by atoms with Gasteiger partial charge in [0.2, 0.25) is 0 Å². The zero-order valence-electron chi connectivity index (χ0n) is 6.98. The zero-order valence-corrected chi connectivity index (χ0v) is 9.89. The van der Waals surface area contributed by atoms with Crippen molar-refractivity contribution in [1.82, 2.24) is 4.98 Å². The van der Waals surface area contributed by atoms with Crippen molar-refractivity contribution in [1.29, 1.82) is 0 Å². The van der Waals surface area contributed by atoms with Gasteiger partial charge in [-0.15, -0.1) is 11.6 Å². The number of aliphatic hydroxyl groups is 1. The first-order valence-electron chi connectivity index (χ1n) is 3.73. The van der Waals surface area contributed by atoms with Crippen LogP contribution in [0, 0.1) is 3.57 Å². The molecule has 1 N–H and O–H groups in total. The van der Waals surface area contributed by atoms with Crippen molar-refractivity contribution in [3.63, 3.8) is 0 Å². The van der Waals surface area contributed by atoms with E-state index in [1.165, 1.54) is 6.20 Å². The van der Waals surface area contributed by atoms with Crippen LogP contribution in [0.1, 0.15) is 23.2 Å². The second-order valence-electron chi connectivity index (χ2n) is 2.55. The minimum atomic E-state index is -2.64. The molecular formula is C8H7ClF2INO. The number of aliphatic hydroxyl groups excluding tert-OH is 1. The summed E-state index contributed by atoms with van der Waals surface area (Å²) in [5, 5.41) is 8.82. The van der Waals surface area contributed by atoms with Crippen molar-refractivity contribution in [2.75, 3.05) is 0 Å². The highest BCUT2D eigenvalue weighted by atomic mass is 127. The molecule has 0 spiro atoms. The Bertz CT molecular complexity index is 335. The summed E-state index contributed by atoms with van der Waals surface area (Å²) in [6, 6.07) is 0. The molecule has 0 saturated heterocycles. The smallest absolute Gasteiger partial charge is 0.266 e. The standard InChI is InChI=1S/C8H7ClF2INO/c9-1-4-2-13-5(3-14)6(7(4)12)8(10)11/h2,8,14H,1,3H2. The van der Waals surface area contributed by atoms with Gasteiger partial charge in [0.05, 0.1) is 17.9 Å². The van der Waals surface area contributed by atoms with Crippen molar-refractivity contribution >= 4 is 34.2 Å². The predicted octanol–water partition coefficient (Wildman–Crippen LogP) is 2.85. The summed E-state index contributed by atoms with van der Waals surface area (Å²) in [5.74, 6) is 0.136. The van der Waals surface area contributed by atoms with E-state index in [1.807, 2.05) is 0 Å². The first-order valence-corrected chi connectivity index (χ1v) is 5.34. The van der Waals surface area contributed by atoms with Gasteiger partial charge in [-0.2, -0.15) is 0 Å². The highest BCUT2D eigenvalue weighted by molar-refractivity contribution is 14.1. The molecule has 0 amide bonds. The molecule has 0 bridgehead atoms. The average molecular weight is 334 g/mol. The lowest BCUT2D eigenvalue weighted by atomic mass is 10.1. The molecule has 1 aromatic rings. The second kappa shape index (κ2) is 5.18. The average Bonchev–Trinajstić information content (AvgIpc) is 2.16. The molecule has 1 aromatic heterocycles. The monoisotopic (exact) mass is 333 g/mol. The minimum absolute atomic E-state index is 0.0123. The van der Waals surface area contributed by atoms with Gasteiger partial charge in [-0.25, -0.2) is 8.78 Å². The summed E-state index contributed by atoms with van der Waals surface area (Å²) in [6.45, 7) is -0.488. The summed E-state index contributed by atoms with van der Waals surface area (Å²) in [4.78, 5) is 3.73. The highest BCUT2D eigenvalue weighted by Crippen LogP contribution is 2.29. The Balaban J connectivity index is 3.31. The number of pyridine rings is 1. The van der Waals surface area contributed by atoms with Crippen LogP contribution in [-0.2, 0) is 12.5 Å². The van der Waals surface area contributed by atoms with Crippen LogP contribution in [0.25, 0.3) is 0 Å². The molecule has 1 rings (SSSR count). The van der Waals surface area contributed by atoms with Gasteiger partial charge in [0, 0.05) is 15.6 Å². The van der Waals surface area contributed by atoms with Crippen LogP contribution >= 0.6 is 34.2 Å². The SMILES string of the molecule is OCc1ncc(CCl)c(I)c1C(F)F. The minimum Gasteiger partial charge on any atom is -0.390 e. The lowest BCUT2D eigenvalue weighted by Gasteiger charge is -2.10. The van der Waals surface area contributed by atoms with Crippen LogP contribution < -0.4 is 0 Å². The summed E-state index contributed by atoms with van der Waals surface area (Å²) in [5.41, 5.74) is 0.351. The van der Waals surface area contributed by atoms with Crippen LogP contribution in [0.5, 0.6) is 0 Å². The second-order valence-corrected chi connectivity index (χ2v) is 3.90. The lowest BCUT2D eigenvalue weighted by Crippen LogP contribution is -2.04. The maximum absolute atomic E-state index is 12.6. The molecule has 0 fully saturated rings. The molecule has 0 radical (unpaired) electrons. The topological polar surface area (TPSA) is 33.1 Å². The fourth-order valence-electron chi connectivity index (χ4n) is 1.02. The van der Waals surface area contributed by atoms with Gasteiger partial charge in [0.1, 0.15) is 0 Å². The van der Waals surface area contributed by atoms with Crippen molar-refractivity contribution in [3.8, 4) is 0 Å². The molecule has 0 aromatic carbocycles. The van der Waals surface area contributed by atoms with Gasteiger partial charge in [0.15, 0.2) is 0 Å². The normalized spacial score (nSPS) is 11.0. The number of aromatic nitrogens is 1. The fourth-order valence-corrected chi connectivity index (χ4v) is 2.33. The maximum atomic E-state index is 12.6. The molecular weight excluding hydrogens is 326 g/mol. The third kappa shape index (κ3) is 2.32. The van der Waals surface area contributed by atoms with Gasteiger partial charge >= 0.3 is 0 Å². The zero-order chi connectivity index (χ0) is 10.7. The van der Waals surface area contributed by atoms with E-state index in [-0.39, 0.29) is 17.1 Å². The highest BCUT2D eigenvalue weighted by Gasteiger charge is 2.19. The summed E-state index contributed by atoms with van der Waals surface area (Å²) in [6.07, 6.45) is -1.23. The summed E-state index contributed by atoms with van der Waals surface area (Å²) in [7, 11) is 0. The molecule has 0 aliphatic carbocycles. The quantitative estimate of drug-likeness (QED) is 0.681. The van der Waals surface area contributed by atoms with Gasteiger partial charge in [-0.05, 0) is 28.2 Å². The first-order chi connectivity index (χ1) is 6.61. The van der Waals surface area contributed by atoms with E-state index in [0.717, 1.165) is 0 Å². The molecule has 1 heterocycles. The number of alkyl halides is 3. The number of hydrogen-bond acceptors (Lipinski definition) is 2. The van der Waals surface area contributed by atoms with Gasteiger partial charge in [-0.3, -0.25) is 4.98 Å². The Hall–Kier alpha value is -0.0100. The molecule has 14 heavy (non-hydrogen) atoms. The van der Waals surface area contributed by atoms with Crippen LogP contribution in [0.2, 0.25) is 0 Å². The predicted molar refractivity (Wildman–Crippen MR) is 57.4 cm³/mol. The Labute approximate surface area is 98.4 Å². The van der Waals surface area contributed by atoms with Crippen LogP contribution in [0.4, 0.5) is 8.78 Å². The van der Waals surface area contributed by atoms with Crippen molar-refractivity contribution in [2.24, 2.45) is 0 Å². The van der Waals surface area contributed by atoms with E-state index in [9.17, 15) is 8.78 Å². The maximum Gasteiger partial charge on any atom is 0.266 e. The molecule has 0 unspecified atom stereocenters. The first kappa shape index (κ1) is 12.1. The Morgan fingerprint density at radius 3 is 2.64 bits per heavy atom. The third-order valence-electron chi connectivity index (χ3n) is 1.72. The van der Waals surface area contributed by atoms with E-state index in [1.54, 1.807) is 22.6 Å². The van der Waals surface area contributed by atoms with Crippen molar-refractivity contribution in [2.45, 2.75) is 18.9 Å². The van der Waals surface area contributed by atoms with Gasteiger partial charge < -0.3 is 5.11 Å². The molecule has 0 aliphatic rings.